The minimum absolute atomic E-state index is 0. The van der Waals surface area contributed by atoms with Gasteiger partial charge in [-0.15, -0.1) is 10.2 Å². The van der Waals surface area contributed by atoms with Gasteiger partial charge in [-0.3, -0.25) is 9.11 Å². The molecular weight excluding hydrogens is 576 g/mol. The summed E-state index contributed by atoms with van der Waals surface area (Å²) in [6.07, 6.45) is 0. The van der Waals surface area contributed by atoms with E-state index < -0.39 is 46.9 Å². The van der Waals surface area contributed by atoms with Gasteiger partial charge in [-0.1, -0.05) is 6.07 Å². The van der Waals surface area contributed by atoms with Crippen molar-refractivity contribution in [1.29, 1.82) is 0 Å². The number of aryl methyl sites for hydroxylation is 3. The molecule has 0 fully saturated rings. The number of fused-ring (bicyclic) bond motifs is 2. The molecule has 0 spiro atoms. The Morgan fingerprint density at radius 3 is 1.81 bits per heavy atom. The summed E-state index contributed by atoms with van der Waals surface area (Å²) in [6.45, 7) is 4.88. The standard InChI is InChI=1S/C23H20N2O9S2.Cu/c1-10-4-13-12(3)8-17(27)22(20(13)16(26)6-10)25-24-15-9-18(35(29,30)31)14-5-11(2)7-19(36(32,33)34)21(14)23(15)28;/h4-9,26-28H,1-3H3,(H,29,30,31)(H,32,33,34);. The van der Waals surface area contributed by atoms with Gasteiger partial charge in [0.25, 0.3) is 20.2 Å². The van der Waals surface area contributed by atoms with E-state index in [0.717, 1.165) is 17.7 Å². The minimum Gasteiger partial charge on any atom is -0.507 e. The monoisotopic (exact) mass is 595 g/mol. The fourth-order valence-corrected chi connectivity index (χ4v) is 5.59. The molecular formula is C23H20CuN2O9S2. The molecule has 0 aliphatic rings. The van der Waals surface area contributed by atoms with Crippen LogP contribution >= 0.6 is 0 Å². The van der Waals surface area contributed by atoms with Gasteiger partial charge in [-0.2, -0.15) is 16.8 Å². The molecule has 0 saturated heterocycles. The van der Waals surface area contributed by atoms with Gasteiger partial charge >= 0.3 is 0 Å². The van der Waals surface area contributed by atoms with Crippen LogP contribution in [0, 0.1) is 20.8 Å². The first-order valence-corrected chi connectivity index (χ1v) is 13.1. The maximum atomic E-state index is 12.1. The van der Waals surface area contributed by atoms with Crippen LogP contribution in [0.5, 0.6) is 17.2 Å². The normalized spacial score (nSPS) is 12.4. The molecule has 4 aromatic carbocycles. The van der Waals surface area contributed by atoms with Crippen LogP contribution in [-0.4, -0.2) is 41.3 Å². The molecule has 0 heterocycles. The van der Waals surface area contributed by atoms with E-state index in [0.29, 0.717) is 10.9 Å². The molecule has 11 nitrogen and oxygen atoms in total. The van der Waals surface area contributed by atoms with Gasteiger partial charge in [-0.25, -0.2) is 0 Å². The van der Waals surface area contributed by atoms with Crippen LogP contribution in [0.3, 0.4) is 0 Å². The van der Waals surface area contributed by atoms with E-state index >= 15 is 0 Å². The summed E-state index contributed by atoms with van der Waals surface area (Å²) >= 11 is 0. The fraction of sp³-hybridized carbons (Fsp3) is 0.130. The zero-order chi connectivity index (χ0) is 26.7. The summed E-state index contributed by atoms with van der Waals surface area (Å²) in [7, 11) is -9.92. The Morgan fingerprint density at radius 2 is 1.22 bits per heavy atom. The molecule has 199 valence electrons. The smallest absolute Gasteiger partial charge is 0.295 e. The molecule has 4 aromatic rings. The van der Waals surface area contributed by atoms with Gasteiger partial charge < -0.3 is 15.3 Å². The molecule has 5 N–H and O–H groups in total. The van der Waals surface area contributed by atoms with Crippen LogP contribution in [-0.2, 0) is 37.3 Å². The van der Waals surface area contributed by atoms with Crippen LogP contribution in [0.15, 0.2) is 56.4 Å². The first kappa shape index (κ1) is 28.3. The van der Waals surface area contributed by atoms with E-state index in [9.17, 15) is 41.3 Å². The Kier molecular flexibility index (Phi) is 7.31. The van der Waals surface area contributed by atoms with Crippen LogP contribution in [0.2, 0.25) is 0 Å². The van der Waals surface area contributed by atoms with Crippen molar-refractivity contribution >= 4 is 53.2 Å². The zero-order valence-corrected chi connectivity index (χ0v) is 21.9. The molecule has 0 aliphatic carbocycles. The number of phenols is 3. The van der Waals surface area contributed by atoms with Crippen LogP contribution < -0.4 is 0 Å². The van der Waals surface area contributed by atoms with Crippen LogP contribution in [0.4, 0.5) is 11.4 Å². The fourth-order valence-electron chi connectivity index (χ4n) is 4.09. The maximum absolute atomic E-state index is 12.1. The topological polar surface area (TPSA) is 194 Å². The molecule has 0 amide bonds. The van der Waals surface area contributed by atoms with Gasteiger partial charge in [0, 0.05) is 27.8 Å². The predicted octanol–water partition coefficient (Wildman–Crippen LogP) is 4.94. The van der Waals surface area contributed by atoms with Gasteiger partial charge in [0.15, 0.2) is 5.75 Å². The van der Waals surface area contributed by atoms with Crippen molar-refractivity contribution in [3.8, 4) is 17.2 Å². The van der Waals surface area contributed by atoms with E-state index in [4.69, 9.17) is 0 Å². The first-order valence-electron chi connectivity index (χ1n) is 10.2. The predicted molar refractivity (Wildman–Crippen MR) is 131 cm³/mol. The first-order chi connectivity index (χ1) is 16.6. The molecule has 0 atom stereocenters. The Morgan fingerprint density at radius 1 is 0.649 bits per heavy atom. The van der Waals surface area contributed by atoms with Crippen molar-refractivity contribution in [3.05, 3.63) is 53.1 Å². The van der Waals surface area contributed by atoms with Crippen molar-refractivity contribution in [2.45, 2.75) is 30.6 Å². The van der Waals surface area contributed by atoms with E-state index in [1.807, 2.05) is 0 Å². The molecule has 0 aliphatic heterocycles. The molecule has 4 rings (SSSR count). The Labute approximate surface area is 222 Å². The minimum atomic E-state index is -4.97. The Bertz CT molecular complexity index is 1850. The average molecular weight is 596 g/mol. The van der Waals surface area contributed by atoms with Crippen LogP contribution in [0.25, 0.3) is 21.5 Å². The van der Waals surface area contributed by atoms with E-state index in [1.165, 1.54) is 25.1 Å². The molecule has 0 saturated carbocycles. The summed E-state index contributed by atoms with van der Waals surface area (Å²) in [4.78, 5) is -1.61. The second-order valence-corrected chi connectivity index (χ2v) is 11.1. The molecule has 0 bridgehead atoms. The SMILES string of the molecule is Cc1cc(S(=O)(=O)O)c2c(O)c(N=Nc3c(O)cc(C)c4cc(C)cc(O)c34)cc(S(=O)(=O)O)c2c1.[Cu]. The molecule has 0 aromatic heterocycles. The second kappa shape index (κ2) is 9.56. The number of benzene rings is 4. The van der Waals surface area contributed by atoms with Crippen molar-refractivity contribution in [2.75, 3.05) is 0 Å². The third kappa shape index (κ3) is 5.12. The van der Waals surface area contributed by atoms with Crippen molar-refractivity contribution in [1.82, 2.24) is 0 Å². The molecule has 1 radical (unpaired) electrons. The van der Waals surface area contributed by atoms with Crippen LogP contribution in [0.1, 0.15) is 16.7 Å². The summed E-state index contributed by atoms with van der Waals surface area (Å²) in [5, 5.41) is 39.3. The number of hydrogen-bond acceptors (Lipinski definition) is 9. The number of rotatable bonds is 4. The summed E-state index contributed by atoms with van der Waals surface area (Å²) < 4.78 is 67.7. The van der Waals surface area contributed by atoms with E-state index in [1.54, 1.807) is 19.9 Å². The zero-order valence-electron chi connectivity index (χ0n) is 19.3. The van der Waals surface area contributed by atoms with Crippen molar-refractivity contribution < 1.29 is 58.3 Å². The third-order valence-corrected chi connectivity index (χ3v) is 7.36. The average Bonchev–Trinajstić information content (AvgIpc) is 2.73. The number of phenolic OH excluding ortho intramolecular Hbond substituents is 3. The quantitative estimate of drug-likeness (QED) is 0.123. The second-order valence-electron chi connectivity index (χ2n) is 8.35. The maximum Gasteiger partial charge on any atom is 0.295 e. The third-order valence-electron chi connectivity index (χ3n) is 5.59. The van der Waals surface area contributed by atoms with Gasteiger partial charge in [0.05, 0.1) is 5.39 Å². The van der Waals surface area contributed by atoms with Gasteiger partial charge in [0.1, 0.15) is 32.7 Å². The van der Waals surface area contributed by atoms with Gasteiger partial charge in [0.2, 0.25) is 0 Å². The van der Waals surface area contributed by atoms with Crippen molar-refractivity contribution in [2.24, 2.45) is 10.2 Å². The number of nitrogens with zero attached hydrogens (tertiary/aromatic N) is 2. The van der Waals surface area contributed by atoms with Gasteiger partial charge in [-0.05, 0) is 73.2 Å². The summed E-state index contributed by atoms with van der Waals surface area (Å²) in [5.74, 6) is -1.46. The van der Waals surface area contributed by atoms with E-state index in [2.05, 4.69) is 10.2 Å². The number of hydrogen-bond donors (Lipinski definition) is 5. The summed E-state index contributed by atoms with van der Waals surface area (Å²) in [6, 6.07) is 7.53. The molecule has 14 heteroatoms. The number of aromatic hydroxyl groups is 3. The Balaban J connectivity index is 0.00000380. The molecule has 0 unspecified atom stereocenters. The van der Waals surface area contributed by atoms with E-state index in [-0.39, 0.29) is 50.6 Å². The Hall–Kier alpha value is -3.26. The number of azo groups is 1. The van der Waals surface area contributed by atoms with Crippen molar-refractivity contribution in [3.63, 3.8) is 0 Å². The summed E-state index contributed by atoms with van der Waals surface area (Å²) in [5.41, 5.74) is 0.768. The molecule has 37 heavy (non-hydrogen) atoms. The largest absolute Gasteiger partial charge is 0.507 e.